The van der Waals surface area contributed by atoms with E-state index >= 15 is 0 Å². The summed E-state index contributed by atoms with van der Waals surface area (Å²) in [7, 11) is 0. The quantitative estimate of drug-likeness (QED) is 0.736. The van der Waals surface area contributed by atoms with Crippen molar-refractivity contribution in [3.05, 3.63) is 0 Å². The molecule has 0 aromatic rings. The second-order valence-electron chi connectivity index (χ2n) is 8.62. The second kappa shape index (κ2) is 5.65. The molecule has 2 heterocycles. The van der Waals surface area contributed by atoms with Gasteiger partial charge in [-0.1, -0.05) is 19.8 Å². The molecule has 24 heavy (non-hydrogen) atoms. The molecule has 5 aliphatic rings. The molecule has 5 fully saturated rings. The van der Waals surface area contributed by atoms with E-state index in [1.165, 1.54) is 12.8 Å². The first-order chi connectivity index (χ1) is 11.6. The average molecular weight is 338 g/mol. The molecular formula is C19H30O5. The van der Waals surface area contributed by atoms with E-state index in [2.05, 4.69) is 6.92 Å². The van der Waals surface area contributed by atoms with Gasteiger partial charge in [-0.3, -0.25) is 0 Å². The topological polar surface area (TPSA) is 57.2 Å². The van der Waals surface area contributed by atoms with Crippen molar-refractivity contribution < 1.29 is 24.1 Å². The van der Waals surface area contributed by atoms with E-state index in [0.29, 0.717) is 0 Å². The van der Waals surface area contributed by atoms with E-state index in [1.54, 1.807) is 0 Å². The molecule has 0 radical (unpaired) electrons. The van der Waals surface area contributed by atoms with E-state index in [-0.39, 0.29) is 30.3 Å². The fourth-order valence-electron chi connectivity index (χ4n) is 5.68. The van der Waals surface area contributed by atoms with E-state index in [1.807, 2.05) is 0 Å². The van der Waals surface area contributed by atoms with Gasteiger partial charge in [0.25, 0.3) is 0 Å². The zero-order valence-electron chi connectivity index (χ0n) is 14.6. The summed E-state index contributed by atoms with van der Waals surface area (Å²) in [4.78, 5) is 0. The molecule has 0 aromatic carbocycles. The normalized spacial score (nSPS) is 49.2. The first kappa shape index (κ1) is 16.0. The van der Waals surface area contributed by atoms with Crippen molar-refractivity contribution in [2.24, 2.45) is 5.92 Å². The Morgan fingerprint density at radius 1 is 0.625 bits per heavy atom. The summed E-state index contributed by atoms with van der Waals surface area (Å²) in [6.07, 6.45) is 9.50. The predicted molar refractivity (Wildman–Crippen MR) is 86.3 cm³/mol. The van der Waals surface area contributed by atoms with E-state index in [4.69, 9.17) is 18.9 Å². The summed E-state index contributed by atoms with van der Waals surface area (Å²) in [5, 5.41) is 11.0. The van der Waals surface area contributed by atoms with Crippen molar-refractivity contribution >= 4 is 0 Å². The fourth-order valence-corrected chi connectivity index (χ4v) is 5.68. The molecule has 5 heteroatoms. The molecule has 0 bridgehead atoms. The molecule has 0 amide bonds. The van der Waals surface area contributed by atoms with Gasteiger partial charge in [-0.05, 0) is 25.7 Å². The average Bonchev–Trinajstić information content (AvgIpc) is 3.14. The minimum absolute atomic E-state index is 0.0818. The van der Waals surface area contributed by atoms with Crippen LogP contribution in [0.1, 0.15) is 71.1 Å². The fraction of sp³-hybridized carbons (Fsp3) is 1.00. The van der Waals surface area contributed by atoms with Crippen LogP contribution in [0.15, 0.2) is 0 Å². The second-order valence-corrected chi connectivity index (χ2v) is 8.62. The first-order valence-electron chi connectivity index (χ1n) is 10.0. The van der Waals surface area contributed by atoms with Gasteiger partial charge in [0.1, 0.15) is 18.3 Å². The van der Waals surface area contributed by atoms with Crippen molar-refractivity contribution in [1.82, 2.24) is 0 Å². The molecule has 3 saturated carbocycles. The molecule has 136 valence electrons. The highest BCUT2D eigenvalue weighted by atomic mass is 16.8. The number of ether oxygens (including phenoxy) is 4. The SMILES string of the molecule is CC1[C@H]2OC3(CCCCC3)O[C@H]2C(O)[C@@H]2OC3(CCCCC3)O[C@@H]12. The summed E-state index contributed by atoms with van der Waals surface area (Å²) in [5.74, 6) is -0.750. The number of fused-ring (bicyclic) bond motifs is 2. The van der Waals surface area contributed by atoms with Gasteiger partial charge in [0.2, 0.25) is 0 Å². The van der Waals surface area contributed by atoms with Gasteiger partial charge in [0.05, 0.1) is 12.2 Å². The van der Waals surface area contributed by atoms with Crippen LogP contribution in [0.2, 0.25) is 0 Å². The summed E-state index contributed by atoms with van der Waals surface area (Å²) in [6.45, 7) is 2.18. The van der Waals surface area contributed by atoms with E-state index in [0.717, 1.165) is 51.4 Å². The highest BCUT2D eigenvalue weighted by molar-refractivity contribution is 5.07. The maximum atomic E-state index is 11.0. The number of hydrogen-bond acceptors (Lipinski definition) is 5. The minimum atomic E-state index is -0.654. The van der Waals surface area contributed by atoms with Crippen molar-refractivity contribution in [1.29, 1.82) is 0 Å². The predicted octanol–water partition coefficient (Wildman–Crippen LogP) is 2.89. The Bertz CT molecular complexity index is 410. The molecule has 2 unspecified atom stereocenters. The van der Waals surface area contributed by atoms with Gasteiger partial charge in [-0.25, -0.2) is 0 Å². The van der Waals surface area contributed by atoms with Crippen LogP contribution in [-0.2, 0) is 18.9 Å². The molecule has 6 atom stereocenters. The number of hydrogen-bond donors (Lipinski definition) is 1. The van der Waals surface area contributed by atoms with Gasteiger partial charge < -0.3 is 24.1 Å². The lowest BCUT2D eigenvalue weighted by atomic mass is 9.80. The number of aliphatic hydroxyl groups excluding tert-OH is 1. The zero-order valence-corrected chi connectivity index (χ0v) is 14.6. The zero-order chi connectivity index (χ0) is 16.4. The maximum absolute atomic E-state index is 11.0. The van der Waals surface area contributed by atoms with Gasteiger partial charge in [0.15, 0.2) is 11.6 Å². The maximum Gasteiger partial charge on any atom is 0.169 e. The van der Waals surface area contributed by atoms with Gasteiger partial charge in [-0.2, -0.15) is 0 Å². The van der Waals surface area contributed by atoms with Crippen LogP contribution in [0.3, 0.4) is 0 Å². The monoisotopic (exact) mass is 338 g/mol. The molecule has 2 aliphatic heterocycles. The number of aliphatic hydroxyl groups is 1. The Labute approximate surface area is 144 Å². The largest absolute Gasteiger partial charge is 0.387 e. The Morgan fingerprint density at radius 3 is 1.42 bits per heavy atom. The standard InChI is InChI=1S/C19H30O5/c1-12-14-16(23-18(21-14)8-4-2-5-9-18)13(20)17-15(12)22-19(24-17)10-6-3-7-11-19/h12-17,20H,2-11H2,1H3/t12?,13?,14-,15+,16-,17-/m0/s1. The highest BCUT2D eigenvalue weighted by Gasteiger charge is 2.64. The van der Waals surface area contributed by atoms with E-state index < -0.39 is 17.7 Å². The Balaban J connectivity index is 1.38. The lowest BCUT2D eigenvalue weighted by Gasteiger charge is -2.39. The third-order valence-corrected chi connectivity index (χ3v) is 6.99. The van der Waals surface area contributed by atoms with Gasteiger partial charge >= 0.3 is 0 Å². The van der Waals surface area contributed by atoms with E-state index in [9.17, 15) is 5.11 Å². The highest BCUT2D eigenvalue weighted by Crippen LogP contribution is 2.52. The summed E-state index contributed by atoms with van der Waals surface area (Å²) in [5.41, 5.74) is 0. The van der Waals surface area contributed by atoms with Gasteiger partial charge in [0, 0.05) is 31.6 Å². The van der Waals surface area contributed by atoms with Crippen molar-refractivity contribution in [2.45, 2.75) is 113 Å². The summed E-state index contributed by atoms with van der Waals surface area (Å²) < 4.78 is 25.6. The Morgan fingerprint density at radius 2 is 1.00 bits per heavy atom. The van der Waals surface area contributed by atoms with Crippen LogP contribution < -0.4 is 0 Å². The Hall–Kier alpha value is -0.200. The molecular weight excluding hydrogens is 308 g/mol. The van der Waals surface area contributed by atoms with Crippen LogP contribution in [0.4, 0.5) is 0 Å². The van der Waals surface area contributed by atoms with Crippen molar-refractivity contribution in [3.63, 3.8) is 0 Å². The molecule has 2 spiro atoms. The van der Waals surface area contributed by atoms with Crippen LogP contribution in [-0.4, -0.2) is 47.2 Å². The minimum Gasteiger partial charge on any atom is -0.387 e. The summed E-state index contributed by atoms with van der Waals surface area (Å²) >= 11 is 0. The third kappa shape index (κ3) is 2.32. The summed E-state index contributed by atoms with van der Waals surface area (Å²) in [6, 6.07) is 0. The van der Waals surface area contributed by atoms with Crippen LogP contribution >= 0.6 is 0 Å². The molecule has 1 N–H and O–H groups in total. The van der Waals surface area contributed by atoms with Crippen molar-refractivity contribution in [3.8, 4) is 0 Å². The smallest absolute Gasteiger partial charge is 0.169 e. The lowest BCUT2D eigenvalue weighted by molar-refractivity contribution is -0.221. The lowest BCUT2D eigenvalue weighted by Crippen LogP contribution is -2.57. The Kier molecular flexibility index (Phi) is 3.77. The molecule has 5 rings (SSSR count). The molecule has 5 nitrogen and oxygen atoms in total. The number of rotatable bonds is 0. The molecule has 2 saturated heterocycles. The molecule has 0 aromatic heterocycles. The van der Waals surface area contributed by atoms with Crippen LogP contribution in [0.5, 0.6) is 0 Å². The first-order valence-corrected chi connectivity index (χ1v) is 10.0. The van der Waals surface area contributed by atoms with Crippen LogP contribution in [0.25, 0.3) is 0 Å². The molecule has 3 aliphatic carbocycles. The van der Waals surface area contributed by atoms with Gasteiger partial charge in [-0.15, -0.1) is 0 Å². The van der Waals surface area contributed by atoms with Crippen molar-refractivity contribution in [2.75, 3.05) is 0 Å². The van der Waals surface area contributed by atoms with Crippen LogP contribution in [0, 0.1) is 5.92 Å². The third-order valence-electron chi connectivity index (χ3n) is 6.99.